The smallest absolute Gasteiger partial charge is 0.152 e. The fourth-order valence-corrected chi connectivity index (χ4v) is 2.87. The van der Waals surface area contributed by atoms with Crippen LogP contribution in [0.5, 0.6) is 0 Å². The summed E-state index contributed by atoms with van der Waals surface area (Å²) in [5.41, 5.74) is 8.43. The molecule has 0 spiro atoms. The van der Waals surface area contributed by atoms with E-state index < -0.39 is 6.10 Å². The molecule has 1 atom stereocenters. The van der Waals surface area contributed by atoms with Crippen LogP contribution >= 0.6 is 0 Å². The highest BCUT2D eigenvalue weighted by Crippen LogP contribution is 2.34. The molecule has 5 heteroatoms. The van der Waals surface area contributed by atoms with Crippen molar-refractivity contribution >= 4 is 27.6 Å². The maximum absolute atomic E-state index is 10.5. The number of aryl methyl sites for hydroxylation is 1. The van der Waals surface area contributed by atoms with Gasteiger partial charge < -0.3 is 10.8 Å². The minimum atomic E-state index is -0.537. The Kier molecular flexibility index (Phi) is 3.51. The Balaban J connectivity index is 2.43. The lowest BCUT2D eigenvalue weighted by molar-refractivity contribution is 0.157. The summed E-state index contributed by atoms with van der Waals surface area (Å²) in [4.78, 5) is 4.42. The highest BCUT2D eigenvalue weighted by molar-refractivity contribution is 6.09. The first-order valence-corrected chi connectivity index (χ1v) is 7.40. The highest BCUT2D eigenvalue weighted by Gasteiger charge is 2.21. The molecule has 3 N–H and O–H groups in total. The fraction of sp³-hybridized carbons (Fsp3) is 0.375. The number of hydrogen-bond donors (Lipinski definition) is 2. The molecule has 0 fully saturated rings. The quantitative estimate of drug-likeness (QED) is 0.772. The van der Waals surface area contributed by atoms with E-state index in [9.17, 15) is 5.11 Å². The molecule has 3 aromatic rings. The third-order valence-corrected chi connectivity index (χ3v) is 3.83. The number of fused-ring (bicyclic) bond motifs is 3. The van der Waals surface area contributed by atoms with Crippen molar-refractivity contribution in [3.63, 3.8) is 0 Å². The van der Waals surface area contributed by atoms with Crippen LogP contribution in [0.25, 0.3) is 21.8 Å². The molecule has 110 valence electrons. The molecular formula is C16H20N4O. The van der Waals surface area contributed by atoms with E-state index in [-0.39, 0.29) is 0 Å². The van der Waals surface area contributed by atoms with Crippen molar-refractivity contribution in [2.24, 2.45) is 0 Å². The maximum atomic E-state index is 10.5. The first-order valence-electron chi connectivity index (χ1n) is 7.40. The largest absolute Gasteiger partial charge is 0.387 e. The molecule has 0 bridgehead atoms. The van der Waals surface area contributed by atoms with Crippen LogP contribution in [0.4, 0.5) is 5.82 Å². The van der Waals surface area contributed by atoms with Crippen molar-refractivity contribution < 1.29 is 5.11 Å². The van der Waals surface area contributed by atoms with E-state index in [0.717, 1.165) is 28.4 Å². The molecule has 1 unspecified atom stereocenters. The van der Waals surface area contributed by atoms with Gasteiger partial charge in [-0.1, -0.05) is 31.5 Å². The second-order valence-electron chi connectivity index (χ2n) is 5.24. The van der Waals surface area contributed by atoms with Crippen LogP contribution < -0.4 is 5.73 Å². The topological polar surface area (TPSA) is 77.0 Å². The second-order valence-corrected chi connectivity index (χ2v) is 5.24. The van der Waals surface area contributed by atoms with E-state index in [1.807, 2.05) is 35.9 Å². The Hall–Kier alpha value is -2.14. The minimum Gasteiger partial charge on any atom is -0.387 e. The van der Waals surface area contributed by atoms with Gasteiger partial charge in [-0.25, -0.2) is 4.98 Å². The third-order valence-electron chi connectivity index (χ3n) is 3.83. The number of benzene rings is 1. The van der Waals surface area contributed by atoms with Crippen molar-refractivity contribution in [3.05, 3.63) is 30.0 Å². The van der Waals surface area contributed by atoms with Crippen LogP contribution in [-0.4, -0.2) is 19.9 Å². The van der Waals surface area contributed by atoms with Crippen molar-refractivity contribution in [3.8, 4) is 0 Å². The number of para-hydroxylation sites is 1. The molecule has 0 aliphatic heterocycles. The zero-order chi connectivity index (χ0) is 15.0. The summed E-state index contributed by atoms with van der Waals surface area (Å²) in [5.74, 6) is 0.417. The second kappa shape index (κ2) is 5.33. The van der Waals surface area contributed by atoms with E-state index in [1.54, 1.807) is 0 Å². The van der Waals surface area contributed by atoms with Gasteiger partial charge in [0.1, 0.15) is 5.52 Å². The van der Waals surface area contributed by atoms with E-state index >= 15 is 0 Å². The molecule has 0 amide bonds. The van der Waals surface area contributed by atoms with Gasteiger partial charge >= 0.3 is 0 Å². The summed E-state index contributed by atoms with van der Waals surface area (Å²) in [7, 11) is 0. The number of anilines is 1. The number of aliphatic hydroxyl groups excluding tert-OH is 1. The van der Waals surface area contributed by atoms with E-state index in [4.69, 9.17) is 5.73 Å². The monoisotopic (exact) mass is 284 g/mol. The minimum absolute atomic E-state index is 0.417. The van der Waals surface area contributed by atoms with Crippen LogP contribution in [0.15, 0.2) is 24.3 Å². The lowest BCUT2D eigenvalue weighted by atomic mass is 10.0. The highest BCUT2D eigenvalue weighted by atomic mass is 16.3. The molecule has 21 heavy (non-hydrogen) atoms. The van der Waals surface area contributed by atoms with Gasteiger partial charge in [-0.15, -0.1) is 0 Å². The Morgan fingerprint density at radius 1 is 1.29 bits per heavy atom. The molecule has 2 aromatic heterocycles. The molecule has 3 rings (SSSR count). The summed E-state index contributed by atoms with van der Waals surface area (Å²) in [6.07, 6.45) is 1.08. The predicted octanol–water partition coefficient (Wildman–Crippen LogP) is 3.02. The average molecular weight is 284 g/mol. The van der Waals surface area contributed by atoms with Crippen molar-refractivity contribution in [1.29, 1.82) is 0 Å². The first-order chi connectivity index (χ1) is 10.2. The van der Waals surface area contributed by atoms with Crippen LogP contribution in [0, 0.1) is 0 Å². The normalized spacial score (nSPS) is 13.1. The van der Waals surface area contributed by atoms with Crippen LogP contribution in [0.1, 0.15) is 38.5 Å². The van der Waals surface area contributed by atoms with Gasteiger partial charge in [-0.3, -0.25) is 4.68 Å². The number of nitrogen functional groups attached to an aromatic ring is 1. The lowest BCUT2D eigenvalue weighted by Crippen LogP contribution is -2.08. The number of nitrogens with two attached hydrogens (primary N) is 1. The van der Waals surface area contributed by atoms with E-state index in [2.05, 4.69) is 17.0 Å². The van der Waals surface area contributed by atoms with E-state index in [1.165, 1.54) is 0 Å². The van der Waals surface area contributed by atoms with Crippen LogP contribution in [0.3, 0.4) is 0 Å². The molecule has 0 radical (unpaired) electrons. The molecular weight excluding hydrogens is 264 g/mol. The molecule has 0 aliphatic rings. The van der Waals surface area contributed by atoms with Crippen LogP contribution in [-0.2, 0) is 6.54 Å². The third kappa shape index (κ3) is 2.14. The van der Waals surface area contributed by atoms with Gasteiger partial charge in [0.2, 0.25) is 0 Å². The average Bonchev–Trinajstić information content (AvgIpc) is 2.88. The van der Waals surface area contributed by atoms with Gasteiger partial charge in [0.25, 0.3) is 0 Å². The van der Waals surface area contributed by atoms with Crippen LogP contribution in [0.2, 0.25) is 0 Å². The van der Waals surface area contributed by atoms with Crippen molar-refractivity contribution in [2.75, 3.05) is 5.73 Å². The predicted molar refractivity (Wildman–Crippen MR) is 85.0 cm³/mol. The Morgan fingerprint density at radius 2 is 2.05 bits per heavy atom. The van der Waals surface area contributed by atoms with Crippen molar-refractivity contribution in [2.45, 2.75) is 39.3 Å². The number of pyridine rings is 1. The summed E-state index contributed by atoms with van der Waals surface area (Å²) in [5, 5.41) is 17.0. The van der Waals surface area contributed by atoms with Gasteiger partial charge in [0, 0.05) is 17.3 Å². The number of aromatic nitrogens is 3. The number of aliphatic hydroxyl groups is 1. The Morgan fingerprint density at radius 3 is 2.76 bits per heavy atom. The maximum Gasteiger partial charge on any atom is 0.152 e. The SMILES string of the molecule is CCCC(O)c1c2c(nn1CC)c(N)nc1ccccc12. The molecule has 2 heterocycles. The molecule has 0 aliphatic carbocycles. The number of hydrogen-bond acceptors (Lipinski definition) is 4. The lowest BCUT2D eigenvalue weighted by Gasteiger charge is -2.12. The zero-order valence-electron chi connectivity index (χ0n) is 12.4. The van der Waals surface area contributed by atoms with E-state index in [0.29, 0.717) is 24.3 Å². The fourth-order valence-electron chi connectivity index (χ4n) is 2.87. The van der Waals surface area contributed by atoms with Crippen molar-refractivity contribution in [1.82, 2.24) is 14.8 Å². The zero-order valence-corrected chi connectivity index (χ0v) is 12.4. The standard InChI is InChI=1S/C16H20N4O/c1-3-7-12(21)15-13-10-8-5-6-9-11(10)18-16(17)14(13)19-20(15)4-2/h5-6,8-9,12,21H,3-4,7H2,1-2H3,(H2,17,18). The van der Waals surface area contributed by atoms with Gasteiger partial charge in [-0.2, -0.15) is 5.10 Å². The van der Waals surface area contributed by atoms with Gasteiger partial charge in [0.05, 0.1) is 17.3 Å². The molecule has 1 aromatic carbocycles. The van der Waals surface area contributed by atoms with Gasteiger partial charge in [-0.05, 0) is 19.4 Å². The molecule has 5 nitrogen and oxygen atoms in total. The summed E-state index contributed by atoms with van der Waals surface area (Å²) in [6.45, 7) is 4.77. The number of nitrogens with zero attached hydrogens (tertiary/aromatic N) is 3. The molecule has 0 saturated carbocycles. The Bertz CT molecular complexity index is 794. The summed E-state index contributed by atoms with van der Waals surface area (Å²) in [6, 6.07) is 7.85. The number of rotatable bonds is 4. The Labute approximate surface area is 123 Å². The molecule has 0 saturated heterocycles. The summed E-state index contributed by atoms with van der Waals surface area (Å²) >= 11 is 0. The summed E-state index contributed by atoms with van der Waals surface area (Å²) < 4.78 is 1.84. The van der Waals surface area contributed by atoms with Gasteiger partial charge in [0.15, 0.2) is 5.82 Å². The first kappa shape index (κ1) is 13.8.